The smallest absolute Gasteiger partial charge is 0.332 e. The van der Waals surface area contributed by atoms with Gasteiger partial charge >= 0.3 is 5.69 Å². The molecule has 2 N–H and O–H groups in total. The molecule has 0 unspecified atom stereocenters. The molecule has 0 fully saturated rings. The molecule has 0 atom stereocenters. The highest BCUT2D eigenvalue weighted by atomic mass is 35.5. The van der Waals surface area contributed by atoms with Crippen LogP contribution in [0, 0.1) is 5.82 Å². The molecule has 0 aliphatic carbocycles. The van der Waals surface area contributed by atoms with Crippen molar-refractivity contribution in [1.29, 1.82) is 0 Å². The van der Waals surface area contributed by atoms with Gasteiger partial charge in [-0.1, -0.05) is 17.7 Å². The first-order chi connectivity index (χ1) is 18.3. The van der Waals surface area contributed by atoms with Crippen molar-refractivity contribution < 1.29 is 32.9 Å². The third-order valence-electron chi connectivity index (χ3n) is 5.52. The quantitative estimate of drug-likeness (QED) is 0.213. The van der Waals surface area contributed by atoms with E-state index in [4.69, 9.17) is 30.9 Å². The van der Waals surface area contributed by atoms with E-state index in [1.165, 1.54) is 38.3 Å². The summed E-state index contributed by atoms with van der Waals surface area (Å²) < 4.78 is 45.8. The van der Waals surface area contributed by atoms with Crippen LogP contribution in [0.2, 0.25) is 5.02 Å². The molecule has 0 radical (unpaired) electrons. The number of rotatable bonds is 11. The number of benzene rings is 2. The SMILES string of the molecule is COc1cccc(F)c1COc1cc(-n2c(=O)[nH]c3c(C(C)=O)nc(CF)nc32)c(Cl)cc1OCCCO. The number of alkyl halides is 1. The molecule has 38 heavy (non-hydrogen) atoms. The summed E-state index contributed by atoms with van der Waals surface area (Å²) in [5, 5.41) is 9.15. The molecular formula is C25H23ClF2N4O6. The van der Waals surface area contributed by atoms with E-state index in [1.807, 2.05) is 0 Å². The Labute approximate surface area is 219 Å². The fraction of sp³-hybridized carbons (Fsp3) is 0.280. The Morgan fingerprint density at radius 1 is 1.18 bits per heavy atom. The number of nitrogens with zero attached hydrogens (tertiary/aromatic N) is 3. The molecule has 4 rings (SSSR count). The van der Waals surface area contributed by atoms with Gasteiger partial charge in [-0.15, -0.1) is 0 Å². The highest BCUT2D eigenvalue weighted by Gasteiger charge is 2.22. The molecule has 2 aromatic heterocycles. The maximum Gasteiger partial charge on any atom is 0.332 e. The molecular weight excluding hydrogens is 526 g/mol. The van der Waals surface area contributed by atoms with Gasteiger partial charge in [-0.3, -0.25) is 4.79 Å². The number of carbonyl (C=O) groups is 1. The number of ketones is 1. The van der Waals surface area contributed by atoms with E-state index in [0.29, 0.717) is 6.42 Å². The fourth-order valence-electron chi connectivity index (χ4n) is 3.76. The number of nitrogens with one attached hydrogen (secondary N) is 1. The first-order valence-electron chi connectivity index (χ1n) is 11.4. The number of ether oxygens (including phenoxy) is 3. The second kappa shape index (κ2) is 11.6. The van der Waals surface area contributed by atoms with Gasteiger partial charge in [-0.25, -0.2) is 28.1 Å². The highest BCUT2D eigenvalue weighted by molar-refractivity contribution is 6.32. The number of aromatic nitrogens is 4. The Bertz CT molecular complexity index is 1560. The van der Waals surface area contributed by atoms with Gasteiger partial charge in [0.15, 0.2) is 28.8 Å². The summed E-state index contributed by atoms with van der Waals surface area (Å²) in [6, 6.07) is 7.09. The van der Waals surface area contributed by atoms with Crippen LogP contribution in [-0.4, -0.2) is 50.7 Å². The highest BCUT2D eigenvalue weighted by Crippen LogP contribution is 2.37. The number of halogens is 3. The van der Waals surface area contributed by atoms with Crippen molar-refractivity contribution in [3.05, 3.63) is 68.7 Å². The lowest BCUT2D eigenvalue weighted by molar-refractivity contribution is 0.101. The largest absolute Gasteiger partial charge is 0.496 e. The van der Waals surface area contributed by atoms with Crippen LogP contribution in [0.15, 0.2) is 35.1 Å². The summed E-state index contributed by atoms with van der Waals surface area (Å²) in [6.45, 7) is -0.103. The van der Waals surface area contributed by atoms with Crippen LogP contribution in [0.25, 0.3) is 16.9 Å². The van der Waals surface area contributed by atoms with Crippen molar-refractivity contribution >= 4 is 28.5 Å². The Morgan fingerprint density at radius 2 is 1.95 bits per heavy atom. The Kier molecular flexibility index (Phi) is 8.23. The van der Waals surface area contributed by atoms with Crippen molar-refractivity contribution in [2.24, 2.45) is 0 Å². The van der Waals surface area contributed by atoms with Gasteiger partial charge in [0.1, 0.15) is 36.1 Å². The van der Waals surface area contributed by atoms with Crippen molar-refractivity contribution in [3.8, 4) is 22.9 Å². The summed E-state index contributed by atoms with van der Waals surface area (Å²) in [4.78, 5) is 35.6. The standard InChI is InChI=1S/C25H23ClF2N4O6/c1-13(34)22-23-24(30-21(11-27)29-22)32(25(35)31-23)17-10-20(19(9-15(17)26)37-8-4-7-33)38-12-14-16(28)5-3-6-18(14)36-2/h3,5-6,9-10,33H,4,7-8,11-12H2,1-2H3,(H,31,35). The summed E-state index contributed by atoms with van der Waals surface area (Å²) in [7, 11) is 1.40. The third-order valence-corrected chi connectivity index (χ3v) is 5.82. The number of aliphatic hydroxyl groups excluding tert-OH is 1. The lowest BCUT2D eigenvalue weighted by atomic mass is 10.2. The van der Waals surface area contributed by atoms with Crippen LogP contribution < -0.4 is 19.9 Å². The zero-order valence-electron chi connectivity index (χ0n) is 20.4. The number of imidazole rings is 1. The van der Waals surface area contributed by atoms with Crippen LogP contribution in [0.5, 0.6) is 17.2 Å². The summed E-state index contributed by atoms with van der Waals surface area (Å²) in [5.74, 6) is -0.830. The molecule has 200 valence electrons. The average Bonchev–Trinajstić information content (AvgIpc) is 3.23. The zero-order valence-corrected chi connectivity index (χ0v) is 21.1. The van der Waals surface area contributed by atoms with Crippen molar-refractivity contribution in [1.82, 2.24) is 19.5 Å². The van der Waals surface area contributed by atoms with Crippen LogP contribution in [0.3, 0.4) is 0 Å². The predicted molar refractivity (Wildman–Crippen MR) is 134 cm³/mol. The minimum Gasteiger partial charge on any atom is -0.496 e. The minimum absolute atomic E-state index is 0.0117. The third kappa shape index (κ3) is 5.31. The van der Waals surface area contributed by atoms with Crippen molar-refractivity contribution in [2.75, 3.05) is 20.3 Å². The van der Waals surface area contributed by atoms with Gasteiger partial charge in [0.2, 0.25) is 0 Å². The summed E-state index contributed by atoms with van der Waals surface area (Å²) in [5.41, 5.74) is -0.709. The fourth-order valence-corrected chi connectivity index (χ4v) is 3.99. The summed E-state index contributed by atoms with van der Waals surface area (Å²) in [6.07, 6.45) is 0.318. The molecule has 0 bridgehead atoms. The molecule has 2 heterocycles. The number of aliphatic hydroxyl groups is 1. The second-order valence-corrected chi connectivity index (χ2v) is 8.43. The Hall–Kier alpha value is -4.03. The van der Waals surface area contributed by atoms with Gasteiger partial charge < -0.3 is 24.3 Å². The predicted octanol–water partition coefficient (Wildman–Crippen LogP) is 3.92. The Morgan fingerprint density at radius 3 is 2.63 bits per heavy atom. The molecule has 10 nitrogen and oxygen atoms in total. The number of hydrogen-bond acceptors (Lipinski definition) is 8. The Balaban J connectivity index is 1.86. The van der Waals surface area contributed by atoms with Crippen LogP contribution in [0.1, 0.15) is 35.2 Å². The monoisotopic (exact) mass is 548 g/mol. The van der Waals surface area contributed by atoms with Crippen molar-refractivity contribution in [3.63, 3.8) is 0 Å². The molecule has 2 aromatic carbocycles. The number of Topliss-reactive ketones (excluding diaryl/α,β-unsaturated/α-hetero) is 1. The maximum atomic E-state index is 14.5. The molecule has 13 heteroatoms. The van der Waals surface area contributed by atoms with Crippen LogP contribution >= 0.6 is 11.6 Å². The summed E-state index contributed by atoms with van der Waals surface area (Å²) >= 11 is 6.52. The molecule has 0 aliphatic rings. The molecule has 0 aliphatic heterocycles. The van der Waals surface area contributed by atoms with Gasteiger partial charge in [0.05, 0.1) is 30.0 Å². The number of carbonyl (C=O) groups excluding carboxylic acids is 1. The number of hydrogen-bond donors (Lipinski definition) is 2. The normalized spacial score (nSPS) is 11.1. The number of fused-ring (bicyclic) bond motifs is 1. The van der Waals surface area contributed by atoms with E-state index in [0.717, 1.165) is 4.57 Å². The second-order valence-electron chi connectivity index (χ2n) is 8.03. The number of aromatic amines is 1. The van der Waals surface area contributed by atoms with Crippen molar-refractivity contribution in [2.45, 2.75) is 26.6 Å². The molecule has 0 saturated heterocycles. The van der Waals surface area contributed by atoms with Crippen LogP contribution in [0.4, 0.5) is 8.78 Å². The molecule has 0 amide bonds. The maximum absolute atomic E-state index is 14.5. The van der Waals surface area contributed by atoms with E-state index in [2.05, 4.69) is 15.0 Å². The first-order valence-corrected chi connectivity index (χ1v) is 11.8. The topological polar surface area (TPSA) is 129 Å². The lowest BCUT2D eigenvalue weighted by Gasteiger charge is -2.17. The first kappa shape index (κ1) is 27.0. The van der Waals surface area contributed by atoms with Crippen LogP contribution in [-0.2, 0) is 13.3 Å². The lowest BCUT2D eigenvalue weighted by Crippen LogP contribution is -2.16. The van der Waals surface area contributed by atoms with Gasteiger partial charge in [-0.2, -0.15) is 0 Å². The van der Waals surface area contributed by atoms with E-state index < -0.39 is 24.0 Å². The van der Waals surface area contributed by atoms with E-state index >= 15 is 0 Å². The number of methoxy groups -OCH3 is 1. The van der Waals surface area contributed by atoms with Gasteiger partial charge in [0, 0.05) is 32.1 Å². The minimum atomic E-state index is -1.07. The van der Waals surface area contributed by atoms with Gasteiger partial charge in [-0.05, 0) is 12.1 Å². The zero-order chi connectivity index (χ0) is 27.4. The average molecular weight is 549 g/mol. The van der Waals surface area contributed by atoms with E-state index in [9.17, 15) is 18.4 Å². The van der Waals surface area contributed by atoms with E-state index in [1.54, 1.807) is 6.07 Å². The molecule has 4 aromatic rings. The molecule has 0 spiro atoms. The van der Waals surface area contributed by atoms with E-state index in [-0.39, 0.29) is 76.0 Å². The number of H-pyrrole nitrogens is 1. The van der Waals surface area contributed by atoms with Gasteiger partial charge in [0.25, 0.3) is 0 Å². The molecule has 0 saturated carbocycles.